The maximum atomic E-state index is 12.5. The lowest BCUT2D eigenvalue weighted by molar-refractivity contribution is -0.169. The number of nitrogens with one attached hydrogen (secondary N) is 2. The Morgan fingerprint density at radius 3 is 2.83 bits per heavy atom. The highest BCUT2D eigenvalue weighted by Crippen LogP contribution is 2.57. The first-order valence-corrected chi connectivity index (χ1v) is 9.08. The van der Waals surface area contributed by atoms with Crippen molar-refractivity contribution in [2.45, 2.75) is 63.3 Å². The number of aliphatic hydroxyl groups excluding tert-OH is 1. The van der Waals surface area contributed by atoms with Crippen molar-refractivity contribution >= 4 is 6.03 Å². The van der Waals surface area contributed by atoms with Crippen LogP contribution in [0.1, 0.15) is 49.8 Å². The van der Waals surface area contributed by atoms with Crippen molar-refractivity contribution in [1.82, 2.24) is 10.6 Å². The fourth-order valence-electron chi connectivity index (χ4n) is 4.73. The van der Waals surface area contributed by atoms with Gasteiger partial charge in [-0.1, -0.05) is 30.7 Å². The molecule has 5 nitrogen and oxygen atoms in total. The predicted octanol–water partition coefficient (Wildman–Crippen LogP) is 2.29. The number of fused-ring (bicyclic) bond motifs is 1. The van der Waals surface area contributed by atoms with Gasteiger partial charge in [0.15, 0.2) is 0 Å². The molecule has 0 saturated heterocycles. The molecule has 2 fully saturated rings. The summed E-state index contributed by atoms with van der Waals surface area (Å²) >= 11 is 0. The van der Waals surface area contributed by atoms with Gasteiger partial charge in [-0.25, -0.2) is 4.79 Å². The van der Waals surface area contributed by atoms with Crippen LogP contribution in [-0.4, -0.2) is 36.0 Å². The molecule has 0 bridgehead atoms. The van der Waals surface area contributed by atoms with E-state index >= 15 is 0 Å². The van der Waals surface area contributed by atoms with Gasteiger partial charge >= 0.3 is 6.03 Å². The van der Waals surface area contributed by atoms with E-state index in [0.29, 0.717) is 12.5 Å². The second-order valence-corrected chi connectivity index (χ2v) is 7.38. The van der Waals surface area contributed by atoms with E-state index in [1.807, 2.05) is 31.2 Å². The lowest BCUT2D eigenvalue weighted by Crippen LogP contribution is -2.68. The Morgan fingerprint density at radius 1 is 1.33 bits per heavy atom. The molecule has 24 heavy (non-hydrogen) atoms. The van der Waals surface area contributed by atoms with Crippen LogP contribution in [0.25, 0.3) is 0 Å². The first-order chi connectivity index (χ1) is 11.6. The van der Waals surface area contributed by atoms with Crippen LogP contribution >= 0.6 is 0 Å². The Hall–Kier alpha value is -1.59. The van der Waals surface area contributed by atoms with Crippen molar-refractivity contribution in [1.29, 1.82) is 0 Å². The van der Waals surface area contributed by atoms with Crippen LogP contribution in [0.2, 0.25) is 0 Å². The summed E-state index contributed by atoms with van der Waals surface area (Å²) in [6.45, 7) is 2.76. The van der Waals surface area contributed by atoms with Crippen molar-refractivity contribution in [3.8, 4) is 0 Å². The van der Waals surface area contributed by atoms with Crippen LogP contribution in [0.3, 0.4) is 0 Å². The molecule has 1 aromatic rings. The number of carbonyl (C=O) groups excluding carboxylic acids is 1. The molecule has 0 aromatic heterocycles. The quantitative estimate of drug-likeness (QED) is 0.793. The Labute approximate surface area is 142 Å². The van der Waals surface area contributed by atoms with Crippen molar-refractivity contribution < 1.29 is 14.6 Å². The molecule has 0 aliphatic heterocycles. The molecule has 0 unspecified atom stereocenters. The van der Waals surface area contributed by atoms with Crippen LogP contribution in [0.15, 0.2) is 24.3 Å². The fourth-order valence-corrected chi connectivity index (χ4v) is 4.73. The summed E-state index contributed by atoms with van der Waals surface area (Å²) in [7, 11) is 0. The normalized spacial score (nSPS) is 32.6. The van der Waals surface area contributed by atoms with Crippen LogP contribution in [0.4, 0.5) is 4.79 Å². The van der Waals surface area contributed by atoms with E-state index in [1.165, 1.54) is 6.42 Å². The molecule has 3 aliphatic rings. The highest BCUT2D eigenvalue weighted by Gasteiger charge is 2.59. The zero-order valence-electron chi connectivity index (χ0n) is 14.1. The summed E-state index contributed by atoms with van der Waals surface area (Å²) < 4.78 is 5.83. The van der Waals surface area contributed by atoms with Gasteiger partial charge in [-0.05, 0) is 37.3 Å². The van der Waals surface area contributed by atoms with E-state index in [-0.39, 0.29) is 23.5 Å². The van der Waals surface area contributed by atoms with E-state index in [1.54, 1.807) is 0 Å². The minimum atomic E-state index is -0.552. The largest absolute Gasteiger partial charge is 0.390 e. The van der Waals surface area contributed by atoms with E-state index in [9.17, 15) is 9.90 Å². The minimum Gasteiger partial charge on any atom is -0.390 e. The smallest absolute Gasteiger partial charge is 0.315 e. The van der Waals surface area contributed by atoms with Gasteiger partial charge in [-0.2, -0.15) is 0 Å². The van der Waals surface area contributed by atoms with Gasteiger partial charge in [0.1, 0.15) is 0 Å². The number of carbonyl (C=O) groups is 1. The molecular formula is C19H26N2O3. The SMILES string of the molecule is CCO[C@@H]1C[C@H](NC(=O)N[C@H]2c3ccccc3C[C@H]2O)C12CCC2. The average Bonchev–Trinajstić information content (AvgIpc) is 2.80. The van der Waals surface area contributed by atoms with Gasteiger partial charge in [0, 0.05) is 24.5 Å². The zero-order valence-corrected chi connectivity index (χ0v) is 14.1. The molecule has 4 rings (SSSR count). The van der Waals surface area contributed by atoms with Crippen LogP contribution < -0.4 is 10.6 Å². The molecule has 4 atom stereocenters. The summed E-state index contributed by atoms with van der Waals surface area (Å²) in [5.41, 5.74) is 2.30. The molecule has 0 heterocycles. The third kappa shape index (κ3) is 2.42. The highest BCUT2D eigenvalue weighted by atomic mass is 16.5. The highest BCUT2D eigenvalue weighted by molar-refractivity contribution is 5.75. The van der Waals surface area contributed by atoms with Crippen LogP contribution in [-0.2, 0) is 11.2 Å². The topological polar surface area (TPSA) is 70.6 Å². The Balaban J connectivity index is 1.38. The second-order valence-electron chi connectivity index (χ2n) is 7.38. The van der Waals surface area contributed by atoms with Crippen LogP contribution in [0, 0.1) is 5.41 Å². The van der Waals surface area contributed by atoms with Crippen LogP contribution in [0.5, 0.6) is 0 Å². The molecule has 1 spiro atoms. The number of hydrogen-bond donors (Lipinski definition) is 3. The number of ether oxygens (including phenoxy) is 1. The summed E-state index contributed by atoms with van der Waals surface area (Å²) in [5.74, 6) is 0. The van der Waals surface area contributed by atoms with Gasteiger partial charge in [0.05, 0.1) is 18.2 Å². The third-order valence-electron chi connectivity index (χ3n) is 6.23. The first-order valence-electron chi connectivity index (χ1n) is 9.08. The van der Waals surface area contributed by atoms with Gasteiger partial charge in [-0.15, -0.1) is 0 Å². The number of urea groups is 1. The van der Waals surface area contributed by atoms with E-state index in [4.69, 9.17) is 4.74 Å². The standard InChI is InChI=1S/C19H26N2O3/c1-2-24-16-11-15(19(16)8-5-9-19)20-18(23)21-17-13-7-4-3-6-12(13)10-14(17)22/h3-4,6-7,14-17,22H,2,5,8-11H2,1H3,(H2,20,21,23)/t14-,15+,16-,17+/m1/s1. The van der Waals surface area contributed by atoms with Gasteiger partial charge in [-0.3, -0.25) is 0 Å². The van der Waals surface area contributed by atoms with Crippen molar-refractivity contribution in [3.05, 3.63) is 35.4 Å². The summed E-state index contributed by atoms with van der Waals surface area (Å²) in [4.78, 5) is 12.5. The minimum absolute atomic E-state index is 0.152. The molecule has 0 radical (unpaired) electrons. The molecule has 2 saturated carbocycles. The maximum Gasteiger partial charge on any atom is 0.315 e. The molecular weight excluding hydrogens is 304 g/mol. The summed E-state index contributed by atoms with van der Waals surface area (Å²) in [6.07, 6.45) is 4.72. The van der Waals surface area contributed by atoms with Gasteiger partial charge in [0.2, 0.25) is 0 Å². The van der Waals surface area contributed by atoms with Crippen molar-refractivity contribution in [3.63, 3.8) is 0 Å². The number of rotatable bonds is 4. The molecule has 1 aromatic carbocycles. The molecule has 3 aliphatic carbocycles. The Morgan fingerprint density at radius 2 is 2.12 bits per heavy atom. The molecule has 3 N–H and O–H groups in total. The molecule has 2 amide bonds. The fraction of sp³-hybridized carbons (Fsp3) is 0.632. The Bertz CT molecular complexity index is 629. The summed E-state index contributed by atoms with van der Waals surface area (Å²) in [5, 5.41) is 16.4. The van der Waals surface area contributed by atoms with E-state index < -0.39 is 6.10 Å². The average molecular weight is 330 g/mol. The molecule has 130 valence electrons. The number of aliphatic hydroxyl groups is 1. The van der Waals surface area contributed by atoms with Gasteiger partial charge in [0.25, 0.3) is 0 Å². The van der Waals surface area contributed by atoms with Crippen molar-refractivity contribution in [2.75, 3.05) is 6.61 Å². The van der Waals surface area contributed by atoms with E-state index in [2.05, 4.69) is 10.6 Å². The maximum absolute atomic E-state index is 12.5. The Kier molecular flexibility index (Phi) is 4.01. The number of benzene rings is 1. The molecule has 5 heteroatoms. The monoisotopic (exact) mass is 330 g/mol. The number of amides is 2. The number of hydrogen-bond acceptors (Lipinski definition) is 3. The van der Waals surface area contributed by atoms with Crippen molar-refractivity contribution in [2.24, 2.45) is 5.41 Å². The lowest BCUT2D eigenvalue weighted by Gasteiger charge is -2.60. The third-order valence-corrected chi connectivity index (χ3v) is 6.23. The zero-order chi connectivity index (χ0) is 16.7. The predicted molar refractivity (Wildman–Crippen MR) is 90.7 cm³/mol. The summed E-state index contributed by atoms with van der Waals surface area (Å²) in [6, 6.07) is 7.61. The second kappa shape index (κ2) is 6.05. The lowest BCUT2D eigenvalue weighted by atomic mass is 9.51. The first kappa shape index (κ1) is 15.9. The van der Waals surface area contributed by atoms with E-state index in [0.717, 1.165) is 37.0 Å². The van der Waals surface area contributed by atoms with Gasteiger partial charge < -0.3 is 20.5 Å².